The number of aliphatic hydroxyl groups excluding tert-OH is 1. The summed E-state index contributed by atoms with van der Waals surface area (Å²) in [6.45, 7) is 10.4. The number of hydrogen-bond donors (Lipinski definition) is 3. The summed E-state index contributed by atoms with van der Waals surface area (Å²) in [5.74, 6) is 1.10. The topological polar surface area (TPSA) is 61.4 Å². The molecule has 0 fully saturated rings. The van der Waals surface area contributed by atoms with Crippen molar-refractivity contribution in [3.8, 4) is 0 Å². The molecule has 0 aliphatic heterocycles. The Bertz CT molecular complexity index is 270. The third kappa shape index (κ3) is 7.06. The lowest BCUT2D eigenvalue weighted by Crippen LogP contribution is -2.49. The van der Waals surface area contributed by atoms with Crippen LogP contribution in [0.15, 0.2) is 0 Å². The number of rotatable bonds is 8. The molecule has 0 radical (unpaired) electrons. The van der Waals surface area contributed by atoms with E-state index in [4.69, 9.17) is 0 Å². The van der Waals surface area contributed by atoms with Crippen LogP contribution in [0.3, 0.4) is 0 Å². The molecule has 3 N–H and O–H groups in total. The summed E-state index contributed by atoms with van der Waals surface area (Å²) in [7, 11) is 0. The van der Waals surface area contributed by atoms with Crippen LogP contribution in [0.2, 0.25) is 0 Å². The van der Waals surface area contributed by atoms with Crippen molar-refractivity contribution >= 4 is 17.8 Å². The summed E-state index contributed by atoms with van der Waals surface area (Å²) < 4.78 is 0. The fraction of sp³-hybridized carbons (Fsp3) is 0.929. The van der Waals surface area contributed by atoms with Gasteiger partial charge in [0.05, 0.1) is 6.10 Å². The first-order valence-corrected chi connectivity index (χ1v) is 8.35. The summed E-state index contributed by atoms with van der Waals surface area (Å²) in [4.78, 5) is 11.8. The maximum atomic E-state index is 11.8. The molecule has 0 aliphatic carbocycles. The van der Waals surface area contributed by atoms with Gasteiger partial charge in [-0.2, -0.15) is 11.8 Å². The Morgan fingerprint density at radius 3 is 2.37 bits per heavy atom. The molecule has 2 atom stereocenters. The first-order chi connectivity index (χ1) is 8.74. The number of urea groups is 1. The molecule has 0 rings (SSSR count). The summed E-state index contributed by atoms with van der Waals surface area (Å²) >= 11 is 1.73. The van der Waals surface area contributed by atoms with E-state index in [-0.39, 0.29) is 23.4 Å². The number of amides is 2. The van der Waals surface area contributed by atoms with E-state index in [1.165, 1.54) is 0 Å². The summed E-state index contributed by atoms with van der Waals surface area (Å²) in [6, 6.07) is 0.0538. The van der Waals surface area contributed by atoms with Gasteiger partial charge in [0.15, 0.2) is 0 Å². The van der Waals surface area contributed by atoms with Crippen LogP contribution >= 0.6 is 11.8 Å². The van der Waals surface area contributed by atoms with E-state index in [0.717, 1.165) is 12.2 Å². The Kier molecular flexibility index (Phi) is 8.50. The Balaban J connectivity index is 4.21. The summed E-state index contributed by atoms with van der Waals surface area (Å²) in [6.07, 6.45) is 2.53. The second-order valence-electron chi connectivity index (χ2n) is 6.06. The van der Waals surface area contributed by atoms with Crippen LogP contribution in [0.1, 0.15) is 41.0 Å². The molecular formula is C14H30N2O2S. The van der Waals surface area contributed by atoms with Gasteiger partial charge in [0.1, 0.15) is 0 Å². The minimum atomic E-state index is -0.430. The molecule has 2 unspecified atom stereocenters. The monoisotopic (exact) mass is 290 g/mol. The first kappa shape index (κ1) is 18.6. The van der Waals surface area contributed by atoms with Gasteiger partial charge in [-0.3, -0.25) is 0 Å². The molecule has 0 aromatic heterocycles. The molecule has 114 valence electrons. The SMILES string of the molecule is CCC(CSC)NC(=O)NCC(C)(C)C(O)C(C)C. The van der Waals surface area contributed by atoms with Gasteiger partial charge in [-0.25, -0.2) is 4.79 Å². The Morgan fingerprint density at radius 2 is 1.95 bits per heavy atom. The van der Waals surface area contributed by atoms with E-state index in [1.807, 2.05) is 34.0 Å². The zero-order valence-electron chi connectivity index (χ0n) is 13.1. The van der Waals surface area contributed by atoms with Crippen LogP contribution in [0.25, 0.3) is 0 Å². The average molecular weight is 290 g/mol. The van der Waals surface area contributed by atoms with Gasteiger partial charge in [0.25, 0.3) is 0 Å². The van der Waals surface area contributed by atoms with Crippen molar-refractivity contribution in [1.82, 2.24) is 10.6 Å². The molecule has 5 heteroatoms. The van der Waals surface area contributed by atoms with E-state index >= 15 is 0 Å². The van der Waals surface area contributed by atoms with Crippen LogP contribution < -0.4 is 10.6 Å². The second kappa shape index (κ2) is 8.69. The number of hydrogen-bond acceptors (Lipinski definition) is 3. The second-order valence-corrected chi connectivity index (χ2v) is 6.98. The van der Waals surface area contributed by atoms with E-state index in [0.29, 0.717) is 6.54 Å². The molecule has 0 heterocycles. The van der Waals surface area contributed by atoms with Crippen LogP contribution in [0, 0.1) is 11.3 Å². The number of carbonyl (C=O) groups excluding carboxylic acids is 1. The highest BCUT2D eigenvalue weighted by Gasteiger charge is 2.30. The van der Waals surface area contributed by atoms with Gasteiger partial charge in [0, 0.05) is 23.8 Å². The Morgan fingerprint density at radius 1 is 1.37 bits per heavy atom. The molecule has 4 nitrogen and oxygen atoms in total. The standard InChI is InChI=1S/C14H30N2O2S/c1-7-11(8-19-6)16-13(18)15-9-14(4,5)12(17)10(2)3/h10-12,17H,7-9H2,1-6H3,(H2,15,16,18). The maximum absolute atomic E-state index is 11.8. The zero-order chi connectivity index (χ0) is 15.1. The lowest BCUT2D eigenvalue weighted by atomic mass is 9.81. The first-order valence-electron chi connectivity index (χ1n) is 6.96. The zero-order valence-corrected chi connectivity index (χ0v) is 13.9. The van der Waals surface area contributed by atoms with Crippen molar-refractivity contribution in [3.05, 3.63) is 0 Å². The van der Waals surface area contributed by atoms with E-state index < -0.39 is 6.10 Å². The highest BCUT2D eigenvalue weighted by Crippen LogP contribution is 2.24. The van der Waals surface area contributed by atoms with Crippen molar-refractivity contribution in [2.45, 2.75) is 53.2 Å². The van der Waals surface area contributed by atoms with Crippen molar-refractivity contribution in [2.24, 2.45) is 11.3 Å². The van der Waals surface area contributed by atoms with Crippen molar-refractivity contribution in [1.29, 1.82) is 0 Å². The Labute approximate surface area is 122 Å². The van der Waals surface area contributed by atoms with Gasteiger partial charge in [0.2, 0.25) is 0 Å². The van der Waals surface area contributed by atoms with Crippen LogP contribution in [0.5, 0.6) is 0 Å². The molecule has 19 heavy (non-hydrogen) atoms. The molecule has 2 amide bonds. The third-order valence-corrected chi connectivity index (χ3v) is 4.07. The fourth-order valence-electron chi connectivity index (χ4n) is 2.01. The predicted molar refractivity (Wildman–Crippen MR) is 83.6 cm³/mol. The summed E-state index contributed by atoms with van der Waals surface area (Å²) in [5.41, 5.74) is -0.327. The third-order valence-electron chi connectivity index (χ3n) is 3.33. The number of carbonyl (C=O) groups is 1. The summed E-state index contributed by atoms with van der Waals surface area (Å²) in [5, 5.41) is 15.9. The van der Waals surface area contributed by atoms with E-state index in [2.05, 4.69) is 17.6 Å². The van der Waals surface area contributed by atoms with Crippen LogP contribution in [-0.4, -0.2) is 41.8 Å². The molecule has 0 saturated carbocycles. The van der Waals surface area contributed by atoms with E-state index in [9.17, 15) is 9.90 Å². The average Bonchev–Trinajstić information content (AvgIpc) is 2.34. The molecule has 0 bridgehead atoms. The molecule has 0 aromatic carbocycles. The number of nitrogens with one attached hydrogen (secondary N) is 2. The Hall–Kier alpha value is -0.420. The van der Waals surface area contributed by atoms with Gasteiger partial charge in [-0.15, -0.1) is 0 Å². The van der Waals surface area contributed by atoms with Crippen LogP contribution in [-0.2, 0) is 0 Å². The van der Waals surface area contributed by atoms with Crippen molar-refractivity contribution < 1.29 is 9.90 Å². The quantitative estimate of drug-likeness (QED) is 0.643. The lowest BCUT2D eigenvalue weighted by molar-refractivity contribution is 0.0151. The normalized spacial score (nSPS) is 15.2. The minimum absolute atomic E-state index is 0.148. The van der Waals surface area contributed by atoms with Crippen molar-refractivity contribution in [3.63, 3.8) is 0 Å². The largest absolute Gasteiger partial charge is 0.392 e. The molecular weight excluding hydrogens is 260 g/mol. The smallest absolute Gasteiger partial charge is 0.315 e. The molecule has 0 saturated heterocycles. The highest BCUT2D eigenvalue weighted by atomic mass is 32.2. The van der Waals surface area contributed by atoms with Crippen LogP contribution in [0.4, 0.5) is 4.79 Å². The lowest BCUT2D eigenvalue weighted by Gasteiger charge is -2.33. The minimum Gasteiger partial charge on any atom is -0.392 e. The van der Waals surface area contributed by atoms with Gasteiger partial charge in [-0.05, 0) is 18.6 Å². The number of aliphatic hydroxyl groups is 1. The molecule has 0 aliphatic rings. The van der Waals surface area contributed by atoms with E-state index in [1.54, 1.807) is 11.8 Å². The van der Waals surface area contributed by atoms with Gasteiger partial charge >= 0.3 is 6.03 Å². The molecule has 0 aromatic rings. The maximum Gasteiger partial charge on any atom is 0.315 e. The highest BCUT2D eigenvalue weighted by molar-refractivity contribution is 7.98. The van der Waals surface area contributed by atoms with Gasteiger partial charge < -0.3 is 15.7 Å². The number of thioether (sulfide) groups is 1. The predicted octanol–water partition coefficient (Wildman–Crippen LogP) is 2.47. The van der Waals surface area contributed by atoms with Gasteiger partial charge in [-0.1, -0.05) is 34.6 Å². The fourth-order valence-corrected chi connectivity index (χ4v) is 2.74. The molecule has 0 spiro atoms. The van der Waals surface area contributed by atoms with Crippen molar-refractivity contribution in [2.75, 3.05) is 18.6 Å².